The summed E-state index contributed by atoms with van der Waals surface area (Å²) in [7, 11) is -2.91. The molecule has 1 heterocycles. The molecule has 1 atom stereocenters. The minimum atomic E-state index is -2.91. The van der Waals surface area contributed by atoms with Gasteiger partial charge >= 0.3 is 0 Å². The summed E-state index contributed by atoms with van der Waals surface area (Å²) < 4.78 is 24.4. The average Bonchev–Trinajstić information content (AvgIpc) is 2.74. The van der Waals surface area contributed by atoms with Crippen molar-refractivity contribution in [2.75, 3.05) is 12.0 Å². The van der Waals surface area contributed by atoms with E-state index in [0.29, 0.717) is 13.0 Å². The molecule has 0 aliphatic carbocycles. The van der Waals surface area contributed by atoms with Gasteiger partial charge in [-0.2, -0.15) is 5.10 Å². The zero-order valence-electron chi connectivity index (χ0n) is 12.8. The standard InChI is InChI=1S/C14H25ClN2O2S/c1-5-11(15)14-12(6-2)16-17(13(14)7-3)9-8-10-20(4,18)19/h11H,5-10H2,1-4H3. The molecule has 0 aromatic carbocycles. The lowest BCUT2D eigenvalue weighted by Crippen LogP contribution is -2.11. The number of aryl methyl sites for hydroxylation is 2. The number of rotatable bonds is 8. The third-order valence-corrected chi connectivity index (χ3v) is 4.96. The summed E-state index contributed by atoms with van der Waals surface area (Å²) in [6, 6.07) is 0. The zero-order chi connectivity index (χ0) is 15.3. The van der Waals surface area contributed by atoms with E-state index in [1.807, 2.05) is 4.68 Å². The number of hydrogen-bond donors (Lipinski definition) is 0. The summed E-state index contributed by atoms with van der Waals surface area (Å²) in [5, 5.41) is 4.61. The molecule has 20 heavy (non-hydrogen) atoms. The molecular weight excluding hydrogens is 296 g/mol. The van der Waals surface area contributed by atoms with Crippen LogP contribution in [0.4, 0.5) is 0 Å². The van der Waals surface area contributed by atoms with Gasteiger partial charge in [0.25, 0.3) is 0 Å². The number of nitrogens with zero attached hydrogens (tertiary/aromatic N) is 2. The zero-order valence-corrected chi connectivity index (χ0v) is 14.4. The number of aromatic nitrogens is 2. The fourth-order valence-electron chi connectivity index (χ4n) is 2.43. The molecule has 0 saturated heterocycles. The topological polar surface area (TPSA) is 52.0 Å². The Labute approximate surface area is 127 Å². The van der Waals surface area contributed by atoms with Gasteiger partial charge in [0, 0.05) is 24.1 Å². The quantitative estimate of drug-likeness (QED) is 0.691. The average molecular weight is 321 g/mol. The van der Waals surface area contributed by atoms with E-state index < -0.39 is 9.84 Å². The van der Waals surface area contributed by atoms with Crippen LogP contribution in [0.2, 0.25) is 0 Å². The largest absolute Gasteiger partial charge is 0.269 e. The summed E-state index contributed by atoms with van der Waals surface area (Å²) >= 11 is 6.43. The molecular formula is C14H25ClN2O2S. The maximum absolute atomic E-state index is 11.2. The van der Waals surface area contributed by atoms with E-state index in [4.69, 9.17) is 11.6 Å². The molecule has 0 fully saturated rings. The van der Waals surface area contributed by atoms with Crippen molar-refractivity contribution in [1.29, 1.82) is 0 Å². The van der Waals surface area contributed by atoms with Crippen LogP contribution < -0.4 is 0 Å². The third kappa shape index (κ3) is 4.48. The Bertz CT molecular complexity index is 538. The van der Waals surface area contributed by atoms with Crippen molar-refractivity contribution in [2.24, 2.45) is 0 Å². The van der Waals surface area contributed by atoms with Gasteiger partial charge in [0.05, 0.1) is 16.8 Å². The maximum atomic E-state index is 11.2. The molecule has 0 bridgehead atoms. The Morgan fingerprint density at radius 1 is 1.25 bits per heavy atom. The van der Waals surface area contributed by atoms with Gasteiger partial charge in [-0.15, -0.1) is 11.6 Å². The molecule has 1 unspecified atom stereocenters. The van der Waals surface area contributed by atoms with Crippen LogP contribution in [0.5, 0.6) is 0 Å². The summed E-state index contributed by atoms with van der Waals surface area (Å²) in [4.78, 5) is 0. The molecule has 116 valence electrons. The maximum Gasteiger partial charge on any atom is 0.147 e. The second-order valence-corrected chi connectivity index (χ2v) is 7.88. The number of hydrogen-bond acceptors (Lipinski definition) is 3. The SMILES string of the molecule is CCc1nn(CCCS(C)(=O)=O)c(CC)c1C(Cl)CC. The fraction of sp³-hybridized carbons (Fsp3) is 0.786. The van der Waals surface area contributed by atoms with Gasteiger partial charge in [0.2, 0.25) is 0 Å². The lowest BCUT2D eigenvalue weighted by molar-refractivity contribution is 0.558. The highest BCUT2D eigenvalue weighted by molar-refractivity contribution is 7.90. The molecule has 1 rings (SSSR count). The van der Waals surface area contributed by atoms with Crippen LogP contribution in [0.15, 0.2) is 0 Å². The summed E-state index contributed by atoms with van der Waals surface area (Å²) in [6.07, 6.45) is 4.45. The Morgan fingerprint density at radius 2 is 1.90 bits per heavy atom. The van der Waals surface area contributed by atoms with E-state index in [-0.39, 0.29) is 11.1 Å². The fourth-order valence-corrected chi connectivity index (χ4v) is 3.33. The number of sulfone groups is 1. The molecule has 1 aromatic rings. The molecule has 0 amide bonds. The van der Waals surface area contributed by atoms with E-state index in [1.165, 1.54) is 6.26 Å². The molecule has 1 aromatic heterocycles. The first-order chi connectivity index (χ1) is 9.34. The predicted molar refractivity (Wildman–Crippen MR) is 84.2 cm³/mol. The second kappa shape index (κ2) is 7.46. The van der Waals surface area contributed by atoms with Crippen LogP contribution in [0, 0.1) is 0 Å². The molecule has 6 heteroatoms. The highest BCUT2D eigenvalue weighted by atomic mass is 35.5. The van der Waals surface area contributed by atoms with Crippen molar-refractivity contribution >= 4 is 21.4 Å². The molecule has 0 N–H and O–H groups in total. The van der Waals surface area contributed by atoms with Crippen molar-refractivity contribution in [1.82, 2.24) is 9.78 Å². The number of alkyl halides is 1. The van der Waals surface area contributed by atoms with Crippen LogP contribution in [-0.4, -0.2) is 30.2 Å². The molecule has 0 spiro atoms. The highest BCUT2D eigenvalue weighted by Gasteiger charge is 2.20. The Morgan fingerprint density at radius 3 is 2.35 bits per heavy atom. The first-order valence-electron chi connectivity index (χ1n) is 7.24. The molecule has 0 aliphatic heterocycles. The highest BCUT2D eigenvalue weighted by Crippen LogP contribution is 2.31. The van der Waals surface area contributed by atoms with Crippen LogP contribution >= 0.6 is 11.6 Å². The third-order valence-electron chi connectivity index (χ3n) is 3.40. The van der Waals surface area contributed by atoms with Crippen LogP contribution in [-0.2, 0) is 29.2 Å². The van der Waals surface area contributed by atoms with E-state index in [1.54, 1.807) is 0 Å². The van der Waals surface area contributed by atoms with Crippen molar-refractivity contribution in [3.63, 3.8) is 0 Å². The van der Waals surface area contributed by atoms with Gasteiger partial charge in [-0.1, -0.05) is 20.8 Å². The molecule has 0 radical (unpaired) electrons. The first-order valence-corrected chi connectivity index (χ1v) is 9.73. The van der Waals surface area contributed by atoms with Gasteiger partial charge in [-0.05, 0) is 25.7 Å². The number of halogens is 1. The predicted octanol–water partition coefficient (Wildman–Crippen LogP) is 3.13. The lowest BCUT2D eigenvalue weighted by atomic mass is 10.0. The summed E-state index contributed by atoms with van der Waals surface area (Å²) in [5.74, 6) is 0.199. The smallest absolute Gasteiger partial charge is 0.147 e. The van der Waals surface area contributed by atoms with Gasteiger partial charge in [-0.3, -0.25) is 4.68 Å². The van der Waals surface area contributed by atoms with E-state index >= 15 is 0 Å². The normalized spacial score (nSPS) is 13.7. The Balaban J connectivity index is 2.99. The van der Waals surface area contributed by atoms with Gasteiger partial charge in [0.15, 0.2) is 0 Å². The van der Waals surface area contributed by atoms with Gasteiger partial charge in [-0.25, -0.2) is 8.42 Å². The molecule has 0 aliphatic rings. The van der Waals surface area contributed by atoms with Crippen LogP contribution in [0.1, 0.15) is 55.9 Å². The lowest BCUT2D eigenvalue weighted by Gasteiger charge is -2.11. The van der Waals surface area contributed by atoms with E-state index in [0.717, 1.165) is 36.2 Å². The van der Waals surface area contributed by atoms with Crippen molar-refractivity contribution < 1.29 is 8.42 Å². The Kier molecular flexibility index (Phi) is 6.52. The Hall–Kier alpha value is -0.550. The second-order valence-electron chi connectivity index (χ2n) is 5.10. The molecule has 4 nitrogen and oxygen atoms in total. The summed E-state index contributed by atoms with van der Waals surface area (Å²) in [6.45, 7) is 6.87. The van der Waals surface area contributed by atoms with Crippen molar-refractivity contribution in [2.45, 2.75) is 58.4 Å². The molecule has 0 saturated carbocycles. The summed E-state index contributed by atoms with van der Waals surface area (Å²) in [5.41, 5.74) is 3.35. The van der Waals surface area contributed by atoms with Crippen LogP contribution in [0.25, 0.3) is 0 Å². The minimum absolute atomic E-state index is 0.0106. The van der Waals surface area contributed by atoms with E-state index in [2.05, 4.69) is 25.9 Å². The van der Waals surface area contributed by atoms with Crippen molar-refractivity contribution in [3.8, 4) is 0 Å². The van der Waals surface area contributed by atoms with Gasteiger partial charge in [0.1, 0.15) is 9.84 Å². The monoisotopic (exact) mass is 320 g/mol. The van der Waals surface area contributed by atoms with E-state index in [9.17, 15) is 8.42 Å². The minimum Gasteiger partial charge on any atom is -0.269 e. The van der Waals surface area contributed by atoms with Gasteiger partial charge < -0.3 is 0 Å². The first kappa shape index (κ1) is 17.5. The van der Waals surface area contributed by atoms with Crippen LogP contribution in [0.3, 0.4) is 0 Å². The van der Waals surface area contributed by atoms with Crippen molar-refractivity contribution in [3.05, 3.63) is 17.0 Å².